The summed E-state index contributed by atoms with van der Waals surface area (Å²) in [5, 5.41) is 20.6. The molecule has 2 aromatic heterocycles. The van der Waals surface area contributed by atoms with E-state index in [2.05, 4.69) is 9.97 Å². The molecule has 0 radical (unpaired) electrons. The van der Waals surface area contributed by atoms with E-state index in [-0.39, 0.29) is 13.2 Å². The Morgan fingerprint density at radius 1 is 0.656 bits per heavy atom. The van der Waals surface area contributed by atoms with Gasteiger partial charge in [0.2, 0.25) is 0 Å². The monoisotopic (exact) mass is 474 g/mol. The molecule has 168 valence electrons. The molecule has 4 rings (SSSR count). The van der Waals surface area contributed by atoms with Crippen LogP contribution in [0.1, 0.15) is 12.8 Å². The zero-order valence-corrected chi connectivity index (χ0v) is 18.9. The second-order valence-corrected chi connectivity index (χ2v) is 7.67. The molecule has 8 heteroatoms. The molecule has 0 saturated heterocycles. The van der Waals surface area contributed by atoms with Crippen LogP contribution in [-0.2, 0) is 0 Å². The predicted octanol–water partition coefficient (Wildman–Crippen LogP) is 5.30. The fourth-order valence-corrected chi connectivity index (χ4v) is 3.27. The van der Waals surface area contributed by atoms with E-state index in [0.29, 0.717) is 36.1 Å². The number of nitrogens with zero attached hydrogens (tertiary/aromatic N) is 2. The van der Waals surface area contributed by atoms with Crippen LogP contribution in [0.4, 0.5) is 0 Å². The van der Waals surface area contributed by atoms with Gasteiger partial charge < -0.3 is 19.7 Å². The Bertz CT molecular complexity index is 1070. The van der Waals surface area contributed by atoms with Gasteiger partial charge >= 0.3 is 0 Å². The van der Waals surface area contributed by atoms with Crippen molar-refractivity contribution in [3.8, 4) is 11.5 Å². The highest BCUT2D eigenvalue weighted by Crippen LogP contribution is 2.27. The van der Waals surface area contributed by atoms with Crippen molar-refractivity contribution in [2.45, 2.75) is 12.8 Å². The predicted molar refractivity (Wildman–Crippen MR) is 128 cm³/mol. The first-order valence-electron chi connectivity index (χ1n) is 10.2. The standard InChI is InChI=1S/2C12H12ClNO2/c2*13-9-2-3-10-11(8-9)14-5-4-12(10)16-7-1-6-15/h2*2-5,8,15H,1,6-7H2. The number of hydrogen-bond donors (Lipinski definition) is 2. The average Bonchev–Trinajstić information content (AvgIpc) is 2.79. The molecular formula is C24H24Cl2N2O4. The van der Waals surface area contributed by atoms with Gasteiger partial charge in [-0.3, -0.25) is 9.97 Å². The normalized spacial score (nSPS) is 10.6. The molecule has 2 aromatic carbocycles. The molecule has 0 bridgehead atoms. The maximum absolute atomic E-state index is 8.68. The molecule has 0 amide bonds. The largest absolute Gasteiger partial charge is 0.493 e. The second-order valence-electron chi connectivity index (χ2n) is 6.79. The molecule has 32 heavy (non-hydrogen) atoms. The van der Waals surface area contributed by atoms with Gasteiger partial charge in [0.05, 0.1) is 24.2 Å². The van der Waals surface area contributed by atoms with E-state index in [1.165, 1.54) is 0 Å². The lowest BCUT2D eigenvalue weighted by atomic mass is 10.2. The number of fused-ring (bicyclic) bond motifs is 2. The van der Waals surface area contributed by atoms with E-state index in [1.54, 1.807) is 24.5 Å². The molecule has 0 saturated carbocycles. The summed E-state index contributed by atoms with van der Waals surface area (Å²) in [6, 6.07) is 14.6. The van der Waals surface area contributed by atoms with Crippen LogP contribution < -0.4 is 9.47 Å². The Balaban J connectivity index is 0.000000181. The molecule has 2 N–H and O–H groups in total. The SMILES string of the molecule is OCCCOc1ccnc2cc(Cl)ccc12.OCCCOc1ccnc2cc(Cl)ccc12. The minimum atomic E-state index is 0.134. The summed E-state index contributed by atoms with van der Waals surface area (Å²) in [6.07, 6.45) is 4.62. The fraction of sp³-hybridized carbons (Fsp3) is 0.250. The minimum absolute atomic E-state index is 0.134. The highest BCUT2D eigenvalue weighted by atomic mass is 35.5. The Labute approximate surface area is 196 Å². The van der Waals surface area contributed by atoms with Crippen molar-refractivity contribution < 1.29 is 19.7 Å². The quantitative estimate of drug-likeness (QED) is 0.337. The lowest BCUT2D eigenvalue weighted by molar-refractivity contribution is 0.234. The van der Waals surface area contributed by atoms with Gasteiger partial charge in [-0.15, -0.1) is 0 Å². The number of aliphatic hydroxyl groups is 2. The van der Waals surface area contributed by atoms with Gasteiger partial charge in [0.25, 0.3) is 0 Å². The first-order chi connectivity index (χ1) is 15.6. The first-order valence-corrected chi connectivity index (χ1v) is 10.9. The number of halogens is 2. The van der Waals surface area contributed by atoms with Gasteiger partial charge in [-0.2, -0.15) is 0 Å². The van der Waals surface area contributed by atoms with E-state index in [9.17, 15) is 0 Å². The topological polar surface area (TPSA) is 84.7 Å². The molecule has 0 atom stereocenters. The van der Waals surface area contributed by atoms with Crippen LogP contribution in [0.5, 0.6) is 11.5 Å². The summed E-state index contributed by atoms with van der Waals surface area (Å²) in [5.74, 6) is 1.55. The molecule has 0 spiro atoms. The van der Waals surface area contributed by atoms with Gasteiger partial charge in [0, 0.05) is 59.3 Å². The van der Waals surface area contributed by atoms with E-state index in [4.69, 9.17) is 42.9 Å². The molecule has 0 aliphatic heterocycles. The Hall–Kier alpha value is -2.64. The van der Waals surface area contributed by atoms with Crippen LogP contribution in [0.25, 0.3) is 21.8 Å². The first kappa shape index (κ1) is 24.0. The maximum atomic E-state index is 8.68. The summed E-state index contributed by atoms with van der Waals surface area (Å²) < 4.78 is 11.1. The fourth-order valence-electron chi connectivity index (χ4n) is 2.94. The minimum Gasteiger partial charge on any atom is -0.493 e. The molecule has 0 aliphatic rings. The van der Waals surface area contributed by atoms with Crippen molar-refractivity contribution in [2.24, 2.45) is 0 Å². The van der Waals surface area contributed by atoms with Gasteiger partial charge in [0.15, 0.2) is 0 Å². The van der Waals surface area contributed by atoms with E-state index < -0.39 is 0 Å². The third-order valence-electron chi connectivity index (χ3n) is 4.45. The number of hydrogen-bond acceptors (Lipinski definition) is 6. The smallest absolute Gasteiger partial charge is 0.130 e. The van der Waals surface area contributed by atoms with Crippen LogP contribution in [-0.4, -0.2) is 46.6 Å². The highest BCUT2D eigenvalue weighted by Gasteiger charge is 2.04. The number of benzene rings is 2. The van der Waals surface area contributed by atoms with Crippen molar-refractivity contribution in [3.63, 3.8) is 0 Å². The number of ether oxygens (including phenoxy) is 2. The molecule has 0 unspecified atom stereocenters. The van der Waals surface area contributed by atoms with Crippen LogP contribution in [0.3, 0.4) is 0 Å². The zero-order valence-electron chi connectivity index (χ0n) is 17.4. The summed E-state index contributed by atoms with van der Waals surface area (Å²) in [5.41, 5.74) is 1.63. The summed E-state index contributed by atoms with van der Waals surface area (Å²) >= 11 is 11.8. The van der Waals surface area contributed by atoms with Gasteiger partial charge in [-0.05, 0) is 48.5 Å². The molecule has 6 nitrogen and oxygen atoms in total. The highest BCUT2D eigenvalue weighted by molar-refractivity contribution is 6.31. The van der Waals surface area contributed by atoms with Crippen molar-refractivity contribution in [2.75, 3.05) is 26.4 Å². The number of aromatic nitrogens is 2. The van der Waals surface area contributed by atoms with Gasteiger partial charge in [-0.1, -0.05) is 23.2 Å². The zero-order chi connectivity index (χ0) is 22.8. The molecule has 2 heterocycles. The lowest BCUT2D eigenvalue weighted by Gasteiger charge is -2.08. The van der Waals surface area contributed by atoms with Crippen molar-refractivity contribution in [3.05, 3.63) is 71.0 Å². The van der Waals surface area contributed by atoms with Crippen molar-refractivity contribution >= 4 is 45.0 Å². The third-order valence-corrected chi connectivity index (χ3v) is 4.92. The van der Waals surface area contributed by atoms with E-state index >= 15 is 0 Å². The van der Waals surface area contributed by atoms with Gasteiger partial charge in [0.1, 0.15) is 11.5 Å². The van der Waals surface area contributed by atoms with Crippen LogP contribution >= 0.6 is 23.2 Å². The van der Waals surface area contributed by atoms with E-state index in [1.807, 2.05) is 36.4 Å². The molecule has 0 aliphatic carbocycles. The molecular weight excluding hydrogens is 451 g/mol. The van der Waals surface area contributed by atoms with Crippen LogP contribution in [0, 0.1) is 0 Å². The average molecular weight is 475 g/mol. The van der Waals surface area contributed by atoms with E-state index in [0.717, 1.165) is 33.3 Å². The number of rotatable bonds is 8. The number of pyridine rings is 2. The lowest BCUT2D eigenvalue weighted by Crippen LogP contribution is -2.00. The van der Waals surface area contributed by atoms with Gasteiger partial charge in [-0.25, -0.2) is 0 Å². The second kappa shape index (κ2) is 12.4. The maximum Gasteiger partial charge on any atom is 0.130 e. The van der Waals surface area contributed by atoms with Crippen LogP contribution in [0.2, 0.25) is 10.0 Å². The molecule has 0 fully saturated rings. The summed E-state index contributed by atoms with van der Waals surface area (Å²) in [7, 11) is 0. The Morgan fingerprint density at radius 3 is 1.50 bits per heavy atom. The van der Waals surface area contributed by atoms with Crippen molar-refractivity contribution in [1.29, 1.82) is 0 Å². The summed E-state index contributed by atoms with van der Waals surface area (Å²) in [6.45, 7) is 1.26. The Morgan fingerprint density at radius 2 is 1.09 bits per heavy atom. The van der Waals surface area contributed by atoms with Crippen LogP contribution in [0.15, 0.2) is 60.9 Å². The summed E-state index contributed by atoms with van der Waals surface area (Å²) in [4.78, 5) is 8.43. The Kier molecular flexibility index (Phi) is 9.31. The third kappa shape index (κ3) is 6.68. The number of aliphatic hydroxyl groups excluding tert-OH is 2. The molecule has 4 aromatic rings. The van der Waals surface area contributed by atoms with Crippen molar-refractivity contribution in [1.82, 2.24) is 9.97 Å².